The molecule has 1 atom stereocenters. The van der Waals surface area contributed by atoms with E-state index in [-0.39, 0.29) is 10.1 Å². The van der Waals surface area contributed by atoms with Gasteiger partial charge in [-0.3, -0.25) is 0 Å². The molecular formula is C26H64O2Si7. The normalized spacial score (nSPS) is 23.5. The molecule has 0 unspecified atom stereocenters. The fourth-order valence-corrected chi connectivity index (χ4v) is 275. The van der Waals surface area contributed by atoms with Crippen molar-refractivity contribution in [3.63, 3.8) is 0 Å². The third-order valence-corrected chi connectivity index (χ3v) is 163. The van der Waals surface area contributed by atoms with Crippen LogP contribution in [0.5, 0.6) is 0 Å². The average Bonchev–Trinajstić information content (AvgIpc) is 2.54. The first-order chi connectivity index (χ1) is 14.8. The summed E-state index contributed by atoms with van der Waals surface area (Å²) in [5.41, 5.74) is 0. The number of hydrogen-bond donors (Lipinski definition) is 1. The molecule has 1 heterocycles. The van der Waals surface area contributed by atoms with E-state index in [4.69, 9.17) is 4.43 Å². The quantitative estimate of drug-likeness (QED) is 0.318. The summed E-state index contributed by atoms with van der Waals surface area (Å²) in [6.07, 6.45) is -2.10. The van der Waals surface area contributed by atoms with Crippen LogP contribution in [0.4, 0.5) is 0 Å². The lowest BCUT2D eigenvalue weighted by molar-refractivity contribution is 0.422. The van der Waals surface area contributed by atoms with Crippen molar-refractivity contribution in [1.29, 1.82) is 0 Å². The second kappa shape index (κ2) is 8.83. The van der Waals surface area contributed by atoms with Gasteiger partial charge in [-0.15, -0.1) is 0 Å². The molecule has 9 heteroatoms. The van der Waals surface area contributed by atoms with E-state index in [0.717, 1.165) is 4.98 Å². The molecular weight excluding hydrogens is 541 g/mol. The van der Waals surface area contributed by atoms with Crippen molar-refractivity contribution in [2.75, 3.05) is 7.11 Å². The Hall–Kier alpha value is 1.15. The van der Waals surface area contributed by atoms with Gasteiger partial charge in [0, 0.05) is 29.7 Å². The highest BCUT2D eigenvalue weighted by molar-refractivity contribution is 8.24. The second-order valence-electron chi connectivity index (χ2n) is 17.9. The zero-order valence-electron chi connectivity index (χ0n) is 27.9. The molecule has 0 saturated carbocycles. The lowest BCUT2D eigenvalue weighted by atomic mass is 10.2. The molecule has 0 amide bonds. The van der Waals surface area contributed by atoms with Gasteiger partial charge in [0.15, 0.2) is 0 Å². The Bertz CT molecular complexity index is 834. The minimum Gasteiger partial charge on any atom is -0.521 e. The Labute approximate surface area is 227 Å². The van der Waals surface area contributed by atoms with Crippen LogP contribution in [-0.4, -0.2) is 68.5 Å². The average molecular weight is 605 g/mol. The largest absolute Gasteiger partial charge is 0.521 e. The molecule has 0 aromatic rings. The van der Waals surface area contributed by atoms with Crippen molar-refractivity contribution < 1.29 is 9.53 Å². The summed E-state index contributed by atoms with van der Waals surface area (Å²) in [4.78, 5) is 1.05. The molecule has 0 saturated heterocycles. The van der Waals surface area contributed by atoms with E-state index in [1.165, 1.54) is 0 Å². The zero-order chi connectivity index (χ0) is 28.9. The molecule has 208 valence electrons. The predicted octanol–water partition coefficient (Wildman–Crippen LogP) is 8.66. The summed E-state index contributed by atoms with van der Waals surface area (Å²) in [5, 5.41) is 13.9. The Kier molecular flexibility index (Phi) is 8.62. The molecule has 35 heavy (non-hydrogen) atoms. The Morgan fingerprint density at radius 1 is 0.571 bits per heavy atom. The minimum absolute atomic E-state index is 0.201. The maximum atomic E-state index is 12.9. The summed E-state index contributed by atoms with van der Waals surface area (Å²) < 4.78 is 7.29. The lowest BCUT2D eigenvalue weighted by Gasteiger charge is -2.77. The van der Waals surface area contributed by atoms with Crippen LogP contribution in [0.25, 0.3) is 0 Å². The van der Waals surface area contributed by atoms with Crippen molar-refractivity contribution >= 4 is 56.3 Å². The van der Waals surface area contributed by atoms with Gasteiger partial charge in [-0.25, -0.2) is 0 Å². The van der Waals surface area contributed by atoms with Crippen LogP contribution in [0.1, 0.15) is 83.1 Å². The highest BCUT2D eigenvalue weighted by Crippen LogP contribution is 2.63. The molecule has 1 aliphatic rings. The zero-order valence-corrected chi connectivity index (χ0v) is 34.9. The molecule has 0 aromatic carbocycles. The van der Waals surface area contributed by atoms with Crippen molar-refractivity contribution in [2.45, 2.75) is 156 Å². The van der Waals surface area contributed by atoms with Crippen LogP contribution >= 0.6 is 0 Å². The van der Waals surface area contributed by atoms with E-state index in [9.17, 15) is 5.11 Å². The van der Waals surface area contributed by atoms with E-state index in [1.54, 1.807) is 0 Å². The van der Waals surface area contributed by atoms with Crippen LogP contribution in [0.15, 0.2) is 0 Å². The first kappa shape index (κ1) is 34.2. The monoisotopic (exact) mass is 604 g/mol. The van der Waals surface area contributed by atoms with Crippen LogP contribution in [-0.2, 0) is 4.43 Å². The standard InChI is InChI=1S/C26H64O2Si7/c1-23(2,3)30(14,15)29-22(27)34(28-13,31(16,17)24(4,5)6)35(29,32(18,19)25(7,8)9)33(20,21)26(10,11)12/h27H,1-21H3/t34-/m1/s1. The summed E-state index contributed by atoms with van der Waals surface area (Å²) >= 11 is 0. The number of aliphatic hydroxyl groups excluding tert-OH is 1. The fourth-order valence-electron chi connectivity index (χ4n) is 6.99. The fraction of sp³-hybridized carbons (Fsp3) is 0.962. The third kappa shape index (κ3) is 4.01. The van der Waals surface area contributed by atoms with Gasteiger partial charge in [-0.05, 0) is 20.2 Å². The maximum Gasteiger partial charge on any atom is 0.223 e. The highest BCUT2D eigenvalue weighted by atomic mass is 30.3. The van der Waals surface area contributed by atoms with Crippen LogP contribution in [0.2, 0.25) is 72.5 Å². The predicted molar refractivity (Wildman–Crippen MR) is 180 cm³/mol. The minimum atomic E-state index is -2.55. The molecule has 0 spiro atoms. The number of hydrogen-bond acceptors (Lipinski definition) is 2. The number of rotatable bonds is 5. The molecule has 0 radical (unpaired) electrons. The first-order valence-corrected chi connectivity index (χ1v) is 37.2. The first-order valence-electron chi connectivity index (χ1n) is 13.8. The van der Waals surface area contributed by atoms with E-state index in [0.29, 0.717) is 10.1 Å². The Morgan fingerprint density at radius 2 is 0.857 bits per heavy atom. The SMILES string of the molecule is CO[Si@@]1([Si](C)(C)C(C)(C)C)C(O)=[Si]([Si](C)(C)C(C)(C)C)[Si]1([Si](C)(C)C(C)(C)C)[Si](C)(C)C(C)(C)C. The molecule has 1 rings (SSSR count). The van der Waals surface area contributed by atoms with Gasteiger partial charge in [0.25, 0.3) is 0 Å². The lowest BCUT2D eigenvalue weighted by Crippen LogP contribution is -3.09. The topological polar surface area (TPSA) is 29.5 Å². The molecule has 0 fully saturated rings. The molecule has 0 aromatic heterocycles. The molecule has 0 aliphatic carbocycles. The van der Waals surface area contributed by atoms with Crippen LogP contribution in [0, 0.1) is 0 Å². The molecule has 2 nitrogen and oxygen atoms in total. The maximum absolute atomic E-state index is 12.9. The van der Waals surface area contributed by atoms with Gasteiger partial charge in [-0.1, -0.05) is 135 Å². The number of aliphatic hydroxyl groups is 1. The van der Waals surface area contributed by atoms with Gasteiger partial charge < -0.3 is 9.53 Å². The molecule has 1 aliphatic heterocycles. The van der Waals surface area contributed by atoms with Crippen molar-refractivity contribution in [3.8, 4) is 0 Å². The molecule has 0 bridgehead atoms. The Morgan fingerprint density at radius 3 is 1.06 bits per heavy atom. The van der Waals surface area contributed by atoms with E-state index in [2.05, 4.69) is 143 Å². The summed E-state index contributed by atoms with van der Waals surface area (Å²) in [5.74, 6) is 0. The summed E-state index contributed by atoms with van der Waals surface area (Å²) in [6, 6.07) is 0. The molecule has 1 N–H and O–H groups in total. The van der Waals surface area contributed by atoms with Gasteiger partial charge in [0.05, 0.1) is 26.3 Å². The van der Waals surface area contributed by atoms with E-state index < -0.39 is 51.3 Å². The summed E-state index contributed by atoms with van der Waals surface area (Å²) in [7, 11) is -9.14. The highest BCUT2D eigenvalue weighted by Gasteiger charge is 2.89. The second-order valence-corrected chi connectivity index (χ2v) is 85.6. The van der Waals surface area contributed by atoms with Gasteiger partial charge >= 0.3 is 0 Å². The van der Waals surface area contributed by atoms with Gasteiger partial charge in [0.2, 0.25) is 7.35 Å². The van der Waals surface area contributed by atoms with Crippen LogP contribution in [0.3, 0.4) is 0 Å². The van der Waals surface area contributed by atoms with Gasteiger partial charge in [0.1, 0.15) is 0 Å². The van der Waals surface area contributed by atoms with E-state index >= 15 is 0 Å². The van der Waals surface area contributed by atoms with Crippen molar-refractivity contribution in [2.24, 2.45) is 0 Å². The van der Waals surface area contributed by atoms with Gasteiger partial charge in [-0.2, -0.15) is 0 Å². The van der Waals surface area contributed by atoms with Crippen molar-refractivity contribution in [1.82, 2.24) is 0 Å². The van der Waals surface area contributed by atoms with E-state index in [1.807, 2.05) is 0 Å². The Balaban J connectivity index is 4.79. The van der Waals surface area contributed by atoms with Crippen molar-refractivity contribution in [3.05, 3.63) is 0 Å². The smallest absolute Gasteiger partial charge is 0.223 e. The summed E-state index contributed by atoms with van der Waals surface area (Å²) in [6.45, 7) is 52.2. The van der Waals surface area contributed by atoms with Crippen LogP contribution < -0.4 is 0 Å². The third-order valence-electron chi connectivity index (χ3n) is 12.7.